The Kier molecular flexibility index (Phi) is 6.21. The second-order valence-corrected chi connectivity index (χ2v) is 7.71. The Morgan fingerprint density at radius 1 is 1.00 bits per heavy atom. The number of furan rings is 1. The molecule has 0 aliphatic heterocycles. The van der Waals surface area contributed by atoms with Gasteiger partial charge in [-0.3, -0.25) is 9.59 Å². The van der Waals surface area contributed by atoms with Crippen molar-refractivity contribution in [2.75, 3.05) is 18.9 Å². The zero-order valence-corrected chi connectivity index (χ0v) is 16.9. The number of likely N-dealkylation sites (N-methyl/N-ethyl adjacent to an activating group) is 1. The summed E-state index contributed by atoms with van der Waals surface area (Å²) >= 11 is 1.68. The molecule has 1 N–H and O–H groups in total. The molecule has 1 heterocycles. The molecule has 2 aromatic carbocycles. The van der Waals surface area contributed by atoms with Gasteiger partial charge in [0.2, 0.25) is 5.91 Å². The zero-order valence-electron chi connectivity index (χ0n) is 16.1. The van der Waals surface area contributed by atoms with E-state index in [9.17, 15) is 9.59 Å². The van der Waals surface area contributed by atoms with Crippen LogP contribution in [-0.2, 0) is 4.79 Å². The highest BCUT2D eigenvalue weighted by atomic mass is 32.2. The Bertz CT molecular complexity index is 966. The molecule has 0 saturated carbocycles. The van der Waals surface area contributed by atoms with Crippen molar-refractivity contribution in [2.45, 2.75) is 23.6 Å². The summed E-state index contributed by atoms with van der Waals surface area (Å²) in [5.41, 5.74) is 3.23. The maximum absolute atomic E-state index is 12.2. The largest absolute Gasteiger partial charge is 0.459 e. The van der Waals surface area contributed by atoms with Crippen molar-refractivity contribution in [3.63, 3.8) is 0 Å². The first-order chi connectivity index (χ1) is 13.4. The molecule has 0 spiro atoms. The fraction of sp³-hybridized carbons (Fsp3) is 0.182. The number of hydrogen-bond donors (Lipinski definition) is 1. The Labute approximate surface area is 168 Å². The van der Waals surface area contributed by atoms with E-state index in [0.717, 1.165) is 4.90 Å². The second-order valence-electron chi connectivity index (χ2n) is 6.56. The van der Waals surface area contributed by atoms with Gasteiger partial charge in [0.25, 0.3) is 5.91 Å². The summed E-state index contributed by atoms with van der Waals surface area (Å²) in [6, 6.07) is 17.2. The number of hydrogen-bond acceptors (Lipinski definition) is 4. The minimum atomic E-state index is -0.333. The van der Waals surface area contributed by atoms with Crippen LogP contribution in [0.2, 0.25) is 0 Å². The summed E-state index contributed by atoms with van der Waals surface area (Å²) in [7, 11) is 1.56. The summed E-state index contributed by atoms with van der Waals surface area (Å²) in [5.74, 6) is -0.389. The highest BCUT2D eigenvalue weighted by Crippen LogP contribution is 2.29. The van der Waals surface area contributed by atoms with E-state index in [1.54, 1.807) is 30.9 Å². The SMILES string of the molecule is Cc1ccc(Sc2ccc(NC(=O)CN(C)C(=O)c3ccco3)cc2)cc1C. The van der Waals surface area contributed by atoms with Gasteiger partial charge < -0.3 is 14.6 Å². The lowest BCUT2D eigenvalue weighted by molar-refractivity contribution is -0.116. The van der Waals surface area contributed by atoms with E-state index < -0.39 is 0 Å². The first-order valence-corrected chi connectivity index (χ1v) is 9.68. The van der Waals surface area contributed by atoms with Crippen molar-refractivity contribution in [2.24, 2.45) is 0 Å². The van der Waals surface area contributed by atoms with E-state index in [0.29, 0.717) is 5.69 Å². The van der Waals surface area contributed by atoms with E-state index >= 15 is 0 Å². The number of benzene rings is 2. The van der Waals surface area contributed by atoms with Gasteiger partial charge in [-0.25, -0.2) is 0 Å². The number of nitrogens with zero attached hydrogens (tertiary/aromatic N) is 1. The lowest BCUT2D eigenvalue weighted by Gasteiger charge is -2.15. The number of aryl methyl sites for hydroxylation is 2. The van der Waals surface area contributed by atoms with Crippen LogP contribution in [0, 0.1) is 13.8 Å². The van der Waals surface area contributed by atoms with E-state index in [2.05, 4.69) is 37.4 Å². The third-order valence-electron chi connectivity index (χ3n) is 4.31. The molecule has 0 atom stereocenters. The minimum absolute atomic E-state index is 0.0569. The number of carbonyl (C=O) groups excluding carboxylic acids is 2. The van der Waals surface area contributed by atoms with Crippen molar-refractivity contribution < 1.29 is 14.0 Å². The van der Waals surface area contributed by atoms with Crippen LogP contribution < -0.4 is 5.32 Å². The van der Waals surface area contributed by atoms with Crippen LogP contribution in [0.1, 0.15) is 21.7 Å². The predicted molar refractivity (Wildman–Crippen MR) is 111 cm³/mol. The summed E-state index contributed by atoms with van der Waals surface area (Å²) in [5, 5.41) is 2.81. The Morgan fingerprint density at radius 3 is 2.36 bits per heavy atom. The van der Waals surface area contributed by atoms with E-state index in [-0.39, 0.29) is 24.1 Å². The quantitative estimate of drug-likeness (QED) is 0.655. The molecular formula is C22H22N2O3S. The summed E-state index contributed by atoms with van der Waals surface area (Å²) in [6.07, 6.45) is 1.43. The zero-order chi connectivity index (χ0) is 20.1. The first-order valence-electron chi connectivity index (χ1n) is 8.86. The third-order valence-corrected chi connectivity index (χ3v) is 5.31. The summed E-state index contributed by atoms with van der Waals surface area (Å²) in [6.45, 7) is 4.14. The van der Waals surface area contributed by atoms with Crippen molar-refractivity contribution >= 4 is 29.3 Å². The maximum atomic E-state index is 12.2. The lowest BCUT2D eigenvalue weighted by atomic mass is 10.1. The summed E-state index contributed by atoms with van der Waals surface area (Å²) < 4.78 is 5.07. The Morgan fingerprint density at radius 2 is 1.71 bits per heavy atom. The summed E-state index contributed by atoms with van der Waals surface area (Å²) in [4.78, 5) is 27.9. The molecule has 0 unspecified atom stereocenters. The molecule has 144 valence electrons. The molecule has 1 aromatic heterocycles. The van der Waals surface area contributed by atoms with Gasteiger partial charge in [0, 0.05) is 22.5 Å². The molecule has 0 saturated heterocycles. The molecule has 3 rings (SSSR count). The van der Waals surface area contributed by atoms with Crippen LogP contribution in [0.3, 0.4) is 0 Å². The first kappa shape index (κ1) is 19.8. The molecule has 0 aliphatic carbocycles. The fourth-order valence-corrected chi connectivity index (χ4v) is 3.51. The number of rotatable bonds is 6. The predicted octanol–water partition coefficient (Wildman–Crippen LogP) is 4.76. The maximum Gasteiger partial charge on any atom is 0.289 e. The molecule has 2 amide bonds. The van der Waals surface area contributed by atoms with Crippen LogP contribution in [0.5, 0.6) is 0 Å². The number of nitrogens with one attached hydrogen (secondary N) is 1. The average molecular weight is 394 g/mol. The normalized spacial score (nSPS) is 10.5. The molecule has 6 heteroatoms. The van der Waals surface area contributed by atoms with Gasteiger partial charge in [-0.2, -0.15) is 0 Å². The molecule has 5 nitrogen and oxygen atoms in total. The van der Waals surface area contributed by atoms with Gasteiger partial charge in [-0.1, -0.05) is 17.8 Å². The molecule has 0 bridgehead atoms. The molecule has 0 fully saturated rings. The Balaban J connectivity index is 1.55. The van der Waals surface area contributed by atoms with Gasteiger partial charge in [0.1, 0.15) is 0 Å². The second kappa shape index (κ2) is 8.80. The lowest BCUT2D eigenvalue weighted by Crippen LogP contribution is -2.34. The van der Waals surface area contributed by atoms with Crippen LogP contribution in [0.15, 0.2) is 75.1 Å². The highest BCUT2D eigenvalue weighted by Gasteiger charge is 2.17. The molecular weight excluding hydrogens is 372 g/mol. The smallest absolute Gasteiger partial charge is 0.289 e. The number of anilines is 1. The van der Waals surface area contributed by atoms with Crippen LogP contribution in [0.25, 0.3) is 0 Å². The van der Waals surface area contributed by atoms with Crippen LogP contribution in [-0.4, -0.2) is 30.3 Å². The molecule has 0 aliphatic rings. The Hall–Kier alpha value is -2.99. The monoisotopic (exact) mass is 394 g/mol. The van der Waals surface area contributed by atoms with Crippen LogP contribution >= 0.6 is 11.8 Å². The molecule has 0 radical (unpaired) electrons. The topological polar surface area (TPSA) is 62.6 Å². The number of carbonyl (C=O) groups is 2. The molecule has 3 aromatic rings. The average Bonchev–Trinajstić information content (AvgIpc) is 3.20. The van der Waals surface area contributed by atoms with Crippen molar-refractivity contribution in [3.8, 4) is 0 Å². The van der Waals surface area contributed by atoms with Gasteiger partial charge in [0.15, 0.2) is 5.76 Å². The van der Waals surface area contributed by atoms with E-state index in [1.807, 2.05) is 24.3 Å². The van der Waals surface area contributed by atoms with Gasteiger partial charge in [-0.15, -0.1) is 0 Å². The van der Waals surface area contributed by atoms with Gasteiger partial charge in [0.05, 0.1) is 12.8 Å². The number of amides is 2. The standard InChI is InChI=1S/C22H22N2O3S/c1-15-6-9-19(13-16(15)2)28-18-10-7-17(8-11-18)23-21(25)14-24(3)22(26)20-5-4-12-27-20/h4-13H,14H2,1-3H3,(H,23,25). The minimum Gasteiger partial charge on any atom is -0.459 e. The van der Waals surface area contributed by atoms with Crippen LogP contribution in [0.4, 0.5) is 5.69 Å². The van der Waals surface area contributed by atoms with E-state index in [1.165, 1.54) is 27.2 Å². The van der Waals surface area contributed by atoms with Gasteiger partial charge in [-0.05, 0) is 73.5 Å². The van der Waals surface area contributed by atoms with Gasteiger partial charge >= 0.3 is 0 Å². The van der Waals surface area contributed by atoms with Crippen molar-refractivity contribution in [1.82, 2.24) is 4.90 Å². The van der Waals surface area contributed by atoms with E-state index in [4.69, 9.17) is 4.42 Å². The highest BCUT2D eigenvalue weighted by molar-refractivity contribution is 7.99. The van der Waals surface area contributed by atoms with Crippen molar-refractivity contribution in [1.29, 1.82) is 0 Å². The fourth-order valence-electron chi connectivity index (χ4n) is 2.60. The molecule has 28 heavy (non-hydrogen) atoms. The third kappa shape index (κ3) is 5.04. The van der Waals surface area contributed by atoms with Crippen molar-refractivity contribution in [3.05, 3.63) is 77.7 Å².